The lowest BCUT2D eigenvalue weighted by atomic mass is 10.2. The molecule has 1 heterocycles. The normalized spacial score (nSPS) is 16.5. The fourth-order valence-electron chi connectivity index (χ4n) is 3.18. The van der Waals surface area contributed by atoms with Gasteiger partial charge in [0.25, 0.3) is 0 Å². The first-order chi connectivity index (χ1) is 13.5. The molecule has 2 aromatic carbocycles. The van der Waals surface area contributed by atoms with Crippen LogP contribution in [-0.2, 0) is 4.79 Å². The van der Waals surface area contributed by atoms with Crippen molar-refractivity contribution in [2.24, 2.45) is 0 Å². The number of nitrogens with one attached hydrogen (secondary N) is 1. The minimum atomic E-state index is -0.161. The summed E-state index contributed by atoms with van der Waals surface area (Å²) in [5.41, 5.74) is 0.809. The van der Waals surface area contributed by atoms with Crippen molar-refractivity contribution in [3.05, 3.63) is 58.0 Å². The van der Waals surface area contributed by atoms with Gasteiger partial charge in [-0.3, -0.25) is 14.6 Å². The highest BCUT2D eigenvalue weighted by molar-refractivity contribution is 9.10. The van der Waals surface area contributed by atoms with E-state index in [1.807, 2.05) is 55.5 Å². The molecule has 0 spiro atoms. The Morgan fingerprint density at radius 3 is 2.57 bits per heavy atom. The van der Waals surface area contributed by atoms with Crippen LogP contribution in [0.4, 0.5) is 5.69 Å². The molecule has 7 heteroatoms. The first kappa shape index (κ1) is 21.1. The Bertz CT molecular complexity index is 779. The zero-order valence-corrected chi connectivity index (χ0v) is 18.2. The predicted molar refractivity (Wildman–Crippen MR) is 117 cm³/mol. The number of halogens is 2. The number of nitrogens with zero attached hydrogens (tertiary/aromatic N) is 2. The quantitative estimate of drug-likeness (QED) is 0.666. The van der Waals surface area contributed by atoms with Crippen LogP contribution < -0.4 is 10.1 Å². The molecular weight excluding hydrogens is 442 g/mol. The van der Waals surface area contributed by atoms with E-state index < -0.39 is 0 Å². The van der Waals surface area contributed by atoms with Crippen molar-refractivity contribution in [2.45, 2.75) is 13.0 Å². The van der Waals surface area contributed by atoms with Crippen LogP contribution in [0.15, 0.2) is 53.0 Å². The molecular formula is C21H25BrClN3O2. The van der Waals surface area contributed by atoms with E-state index in [0.29, 0.717) is 11.6 Å². The van der Waals surface area contributed by atoms with Crippen LogP contribution in [0, 0.1) is 0 Å². The molecule has 0 aliphatic carbocycles. The molecule has 1 aliphatic rings. The molecule has 150 valence electrons. The Hall–Kier alpha value is -1.60. The van der Waals surface area contributed by atoms with Gasteiger partial charge in [0.2, 0.25) is 5.91 Å². The highest BCUT2D eigenvalue weighted by atomic mass is 79.9. The van der Waals surface area contributed by atoms with Gasteiger partial charge in [-0.15, -0.1) is 0 Å². The topological polar surface area (TPSA) is 44.8 Å². The van der Waals surface area contributed by atoms with Gasteiger partial charge in [0.15, 0.2) is 0 Å². The summed E-state index contributed by atoms with van der Waals surface area (Å²) >= 11 is 9.31. The number of benzene rings is 2. The van der Waals surface area contributed by atoms with Crippen molar-refractivity contribution in [2.75, 3.05) is 44.6 Å². The van der Waals surface area contributed by atoms with Crippen molar-refractivity contribution in [3.63, 3.8) is 0 Å². The lowest BCUT2D eigenvalue weighted by Gasteiger charge is -2.37. The third-order valence-corrected chi connectivity index (χ3v) is 5.66. The van der Waals surface area contributed by atoms with Crippen LogP contribution in [0.3, 0.4) is 0 Å². The van der Waals surface area contributed by atoms with Crippen LogP contribution in [0.5, 0.6) is 5.75 Å². The number of hydrogen-bond acceptors (Lipinski definition) is 4. The smallest absolute Gasteiger partial charge is 0.241 e. The predicted octanol–water partition coefficient (Wildman–Crippen LogP) is 4.13. The third-order valence-electron chi connectivity index (χ3n) is 4.92. The van der Waals surface area contributed by atoms with Crippen molar-refractivity contribution in [1.82, 2.24) is 9.80 Å². The summed E-state index contributed by atoms with van der Waals surface area (Å²) in [6.07, 6.45) is 0. The first-order valence-electron chi connectivity index (χ1n) is 9.42. The number of hydrogen-bond donors (Lipinski definition) is 1. The Labute approximate surface area is 179 Å². The molecule has 28 heavy (non-hydrogen) atoms. The second-order valence-electron chi connectivity index (χ2n) is 6.86. The van der Waals surface area contributed by atoms with Gasteiger partial charge in [0, 0.05) is 47.9 Å². The highest BCUT2D eigenvalue weighted by Crippen LogP contribution is 2.17. The summed E-state index contributed by atoms with van der Waals surface area (Å²) < 4.78 is 6.72. The molecule has 0 bridgehead atoms. The molecule has 0 aromatic heterocycles. The zero-order valence-electron chi connectivity index (χ0n) is 15.9. The number of anilines is 1. The summed E-state index contributed by atoms with van der Waals surface area (Å²) in [6.45, 7) is 7.07. The van der Waals surface area contributed by atoms with E-state index in [9.17, 15) is 4.79 Å². The Kier molecular flexibility index (Phi) is 7.73. The Balaban J connectivity index is 1.39. The molecule has 2 aromatic rings. The highest BCUT2D eigenvalue weighted by Gasteiger charge is 2.25. The van der Waals surface area contributed by atoms with E-state index in [0.717, 1.165) is 48.6 Å². The second kappa shape index (κ2) is 10.3. The molecule has 1 unspecified atom stereocenters. The standard InChI is InChI=1S/C21H25BrClN3O2/c1-16(21(27)24-19-4-2-3-17(22)15-19)26-11-9-25(10-12-26)13-14-28-20-7-5-18(23)6-8-20/h2-8,15-16H,9-14H2,1H3,(H,24,27). The van der Waals surface area contributed by atoms with Gasteiger partial charge in [-0.05, 0) is 49.4 Å². The lowest BCUT2D eigenvalue weighted by molar-refractivity contribution is -0.121. The molecule has 1 amide bonds. The van der Waals surface area contributed by atoms with E-state index in [2.05, 4.69) is 31.0 Å². The van der Waals surface area contributed by atoms with E-state index in [4.69, 9.17) is 16.3 Å². The number of carbonyl (C=O) groups is 1. The molecule has 1 aliphatic heterocycles. The van der Waals surface area contributed by atoms with E-state index in [1.54, 1.807) is 0 Å². The van der Waals surface area contributed by atoms with E-state index >= 15 is 0 Å². The monoisotopic (exact) mass is 465 g/mol. The third kappa shape index (κ3) is 6.21. The van der Waals surface area contributed by atoms with Gasteiger partial charge in [0.1, 0.15) is 12.4 Å². The second-order valence-corrected chi connectivity index (χ2v) is 8.21. The van der Waals surface area contributed by atoms with Crippen molar-refractivity contribution >= 4 is 39.1 Å². The number of amides is 1. The molecule has 0 saturated carbocycles. The number of rotatable bonds is 7. The number of carbonyl (C=O) groups excluding carboxylic acids is 1. The fraction of sp³-hybridized carbons (Fsp3) is 0.381. The first-order valence-corrected chi connectivity index (χ1v) is 10.6. The lowest BCUT2D eigenvalue weighted by Crippen LogP contribution is -2.53. The number of piperazine rings is 1. The van der Waals surface area contributed by atoms with Gasteiger partial charge in [-0.2, -0.15) is 0 Å². The Morgan fingerprint density at radius 1 is 1.18 bits per heavy atom. The average molecular weight is 467 g/mol. The largest absolute Gasteiger partial charge is 0.492 e. The summed E-state index contributed by atoms with van der Waals surface area (Å²) in [4.78, 5) is 17.1. The SMILES string of the molecule is CC(C(=O)Nc1cccc(Br)c1)N1CCN(CCOc2ccc(Cl)cc2)CC1. The molecule has 1 atom stereocenters. The van der Waals surface area contributed by atoms with Gasteiger partial charge in [-0.25, -0.2) is 0 Å². The fourth-order valence-corrected chi connectivity index (χ4v) is 3.70. The zero-order chi connectivity index (χ0) is 19.9. The van der Waals surface area contributed by atoms with Crippen LogP contribution in [0.1, 0.15) is 6.92 Å². The average Bonchev–Trinajstić information content (AvgIpc) is 2.69. The molecule has 1 N–H and O–H groups in total. The summed E-state index contributed by atoms with van der Waals surface area (Å²) in [7, 11) is 0. The number of ether oxygens (including phenoxy) is 1. The molecule has 1 saturated heterocycles. The van der Waals surface area contributed by atoms with Crippen LogP contribution in [-0.4, -0.2) is 61.1 Å². The van der Waals surface area contributed by atoms with Gasteiger partial charge in [-0.1, -0.05) is 33.6 Å². The van der Waals surface area contributed by atoms with Crippen molar-refractivity contribution in [3.8, 4) is 5.75 Å². The summed E-state index contributed by atoms with van der Waals surface area (Å²) in [5.74, 6) is 0.860. The Morgan fingerprint density at radius 2 is 1.89 bits per heavy atom. The van der Waals surface area contributed by atoms with Crippen molar-refractivity contribution in [1.29, 1.82) is 0 Å². The maximum atomic E-state index is 12.5. The maximum absolute atomic E-state index is 12.5. The molecule has 5 nitrogen and oxygen atoms in total. The molecule has 1 fully saturated rings. The van der Waals surface area contributed by atoms with E-state index in [-0.39, 0.29) is 11.9 Å². The summed E-state index contributed by atoms with van der Waals surface area (Å²) in [6, 6.07) is 14.9. The van der Waals surface area contributed by atoms with Gasteiger partial charge < -0.3 is 10.1 Å². The summed E-state index contributed by atoms with van der Waals surface area (Å²) in [5, 5.41) is 3.70. The van der Waals surface area contributed by atoms with Crippen LogP contribution in [0.25, 0.3) is 0 Å². The van der Waals surface area contributed by atoms with Gasteiger partial charge in [0.05, 0.1) is 6.04 Å². The minimum Gasteiger partial charge on any atom is -0.492 e. The van der Waals surface area contributed by atoms with Crippen LogP contribution in [0.2, 0.25) is 5.02 Å². The van der Waals surface area contributed by atoms with Crippen LogP contribution >= 0.6 is 27.5 Å². The van der Waals surface area contributed by atoms with Gasteiger partial charge >= 0.3 is 0 Å². The molecule has 3 rings (SSSR count). The minimum absolute atomic E-state index is 0.0256. The van der Waals surface area contributed by atoms with E-state index in [1.165, 1.54) is 0 Å². The maximum Gasteiger partial charge on any atom is 0.241 e. The van der Waals surface area contributed by atoms with Crippen molar-refractivity contribution < 1.29 is 9.53 Å². The molecule has 0 radical (unpaired) electrons.